The molecule has 0 aliphatic heterocycles. The second kappa shape index (κ2) is 6.22. The van der Waals surface area contributed by atoms with E-state index in [2.05, 4.69) is 4.90 Å². The zero-order valence-electron chi connectivity index (χ0n) is 11.8. The zero-order valence-corrected chi connectivity index (χ0v) is 12.6. The fourth-order valence-electron chi connectivity index (χ4n) is 2.89. The van der Waals surface area contributed by atoms with Crippen LogP contribution in [0.5, 0.6) is 0 Å². The minimum absolute atomic E-state index is 0.212. The first-order valence-corrected chi connectivity index (χ1v) is 7.35. The van der Waals surface area contributed by atoms with Crippen molar-refractivity contribution < 1.29 is 4.79 Å². The molecule has 1 aromatic carbocycles. The topological polar surface area (TPSA) is 72.3 Å². The largest absolute Gasteiger partial charge is 0.389 e. The Labute approximate surface area is 125 Å². The van der Waals surface area contributed by atoms with Crippen LogP contribution in [0.3, 0.4) is 0 Å². The lowest BCUT2D eigenvalue weighted by Crippen LogP contribution is -2.41. The summed E-state index contributed by atoms with van der Waals surface area (Å²) in [7, 11) is 0. The van der Waals surface area contributed by atoms with Gasteiger partial charge in [-0.05, 0) is 31.9 Å². The third-order valence-corrected chi connectivity index (χ3v) is 4.04. The second-order valence-corrected chi connectivity index (χ2v) is 5.86. The highest BCUT2D eigenvalue weighted by Gasteiger charge is 2.26. The van der Waals surface area contributed by atoms with Gasteiger partial charge in [-0.1, -0.05) is 36.7 Å². The number of hydrogen-bond donors (Lipinski definition) is 2. The molecular weight excluding hydrogens is 270 g/mol. The summed E-state index contributed by atoms with van der Waals surface area (Å²) < 4.78 is 0. The number of nitrogens with zero attached hydrogens (tertiary/aromatic N) is 1. The van der Waals surface area contributed by atoms with Crippen LogP contribution in [0.1, 0.15) is 36.8 Å². The summed E-state index contributed by atoms with van der Waals surface area (Å²) in [5.41, 5.74) is 14.1. The van der Waals surface area contributed by atoms with Crippen LogP contribution in [0.2, 0.25) is 0 Å². The van der Waals surface area contributed by atoms with Crippen LogP contribution in [-0.4, -0.2) is 23.5 Å². The minimum Gasteiger partial charge on any atom is -0.389 e. The first-order valence-electron chi connectivity index (χ1n) is 6.94. The number of amides is 1. The van der Waals surface area contributed by atoms with Gasteiger partial charge in [0.1, 0.15) is 4.99 Å². The van der Waals surface area contributed by atoms with Crippen LogP contribution < -0.4 is 16.4 Å². The zero-order chi connectivity index (χ0) is 14.7. The van der Waals surface area contributed by atoms with Crippen molar-refractivity contribution in [3.05, 3.63) is 29.3 Å². The Morgan fingerprint density at radius 2 is 2.00 bits per heavy atom. The van der Waals surface area contributed by atoms with Gasteiger partial charge in [-0.3, -0.25) is 4.79 Å². The first-order chi connectivity index (χ1) is 9.49. The van der Waals surface area contributed by atoms with E-state index < -0.39 is 0 Å². The molecule has 1 aromatic rings. The van der Waals surface area contributed by atoms with Gasteiger partial charge in [0, 0.05) is 17.3 Å². The van der Waals surface area contributed by atoms with Crippen molar-refractivity contribution >= 4 is 28.8 Å². The quantitative estimate of drug-likeness (QED) is 0.812. The normalized spacial score (nSPS) is 15.2. The summed E-state index contributed by atoms with van der Waals surface area (Å²) in [6.07, 6.45) is 4.54. The van der Waals surface area contributed by atoms with E-state index in [-0.39, 0.29) is 12.5 Å². The van der Waals surface area contributed by atoms with Crippen molar-refractivity contribution in [3.8, 4) is 0 Å². The van der Waals surface area contributed by atoms with Crippen LogP contribution in [-0.2, 0) is 4.79 Å². The molecule has 0 spiro atoms. The molecule has 108 valence electrons. The monoisotopic (exact) mass is 291 g/mol. The van der Waals surface area contributed by atoms with Gasteiger partial charge in [0.15, 0.2) is 0 Å². The van der Waals surface area contributed by atoms with Crippen LogP contribution >= 0.6 is 12.2 Å². The average molecular weight is 291 g/mol. The maximum atomic E-state index is 11.4. The Hall–Kier alpha value is -1.62. The lowest BCUT2D eigenvalue weighted by atomic mass is 10.1. The third kappa shape index (κ3) is 3.28. The maximum absolute atomic E-state index is 11.4. The van der Waals surface area contributed by atoms with E-state index >= 15 is 0 Å². The molecule has 1 amide bonds. The molecule has 0 heterocycles. The van der Waals surface area contributed by atoms with Gasteiger partial charge >= 0.3 is 0 Å². The Balaban J connectivity index is 2.41. The van der Waals surface area contributed by atoms with Gasteiger partial charge in [0.2, 0.25) is 5.91 Å². The number of anilines is 1. The highest BCUT2D eigenvalue weighted by Crippen LogP contribution is 2.30. The molecule has 1 fully saturated rings. The summed E-state index contributed by atoms with van der Waals surface area (Å²) in [4.78, 5) is 13.8. The van der Waals surface area contributed by atoms with Crippen LogP contribution in [0, 0.1) is 6.92 Å². The average Bonchev–Trinajstić information content (AvgIpc) is 2.89. The Bertz CT molecular complexity index is 524. The molecule has 20 heavy (non-hydrogen) atoms. The summed E-state index contributed by atoms with van der Waals surface area (Å²) in [5.74, 6) is -0.327. The Kier molecular flexibility index (Phi) is 4.60. The van der Waals surface area contributed by atoms with Crippen molar-refractivity contribution in [1.82, 2.24) is 0 Å². The predicted molar refractivity (Wildman–Crippen MR) is 85.9 cm³/mol. The minimum atomic E-state index is -0.327. The maximum Gasteiger partial charge on any atom is 0.236 e. The van der Waals surface area contributed by atoms with Gasteiger partial charge in [0.25, 0.3) is 0 Å². The molecule has 0 bridgehead atoms. The number of benzene rings is 1. The van der Waals surface area contributed by atoms with E-state index in [0.717, 1.165) is 29.7 Å². The number of carbonyl (C=O) groups is 1. The number of carbonyl (C=O) groups excluding carboxylic acids is 1. The van der Waals surface area contributed by atoms with Crippen molar-refractivity contribution in [1.29, 1.82) is 0 Å². The van der Waals surface area contributed by atoms with Crippen LogP contribution in [0.25, 0.3) is 0 Å². The third-order valence-electron chi connectivity index (χ3n) is 3.82. The molecule has 2 rings (SSSR count). The van der Waals surface area contributed by atoms with E-state index in [0.29, 0.717) is 11.0 Å². The van der Waals surface area contributed by atoms with Gasteiger partial charge in [0.05, 0.1) is 6.54 Å². The Morgan fingerprint density at radius 3 is 2.55 bits per heavy atom. The molecule has 1 aliphatic rings. The second-order valence-electron chi connectivity index (χ2n) is 5.42. The predicted octanol–water partition coefficient (Wildman–Crippen LogP) is 1.86. The van der Waals surface area contributed by atoms with Crippen LogP contribution in [0.15, 0.2) is 18.2 Å². The van der Waals surface area contributed by atoms with Crippen molar-refractivity contribution in [2.75, 3.05) is 11.4 Å². The van der Waals surface area contributed by atoms with E-state index in [1.165, 1.54) is 12.8 Å². The molecule has 0 aromatic heterocycles. The van der Waals surface area contributed by atoms with E-state index in [1.807, 2.05) is 25.1 Å². The standard InChI is InChI=1S/C15H21N3OS/c1-10-6-7-13(12(8-10)15(17)20)18(9-14(16)19)11-4-2-3-5-11/h6-8,11H,2-5,9H2,1H3,(H2,16,19)(H2,17,20). The van der Waals surface area contributed by atoms with Crippen molar-refractivity contribution in [3.63, 3.8) is 0 Å². The van der Waals surface area contributed by atoms with Crippen LogP contribution in [0.4, 0.5) is 5.69 Å². The van der Waals surface area contributed by atoms with Crippen molar-refractivity contribution in [2.24, 2.45) is 11.5 Å². The molecular formula is C15H21N3OS. The van der Waals surface area contributed by atoms with Crippen molar-refractivity contribution in [2.45, 2.75) is 38.6 Å². The van der Waals surface area contributed by atoms with Gasteiger partial charge in [-0.25, -0.2) is 0 Å². The molecule has 0 radical (unpaired) electrons. The van der Waals surface area contributed by atoms with Gasteiger partial charge in [-0.2, -0.15) is 0 Å². The van der Waals surface area contributed by atoms with E-state index in [1.54, 1.807) is 0 Å². The number of nitrogens with two attached hydrogens (primary N) is 2. The number of hydrogen-bond acceptors (Lipinski definition) is 3. The summed E-state index contributed by atoms with van der Waals surface area (Å²) in [5, 5.41) is 0. The van der Waals surface area contributed by atoms with E-state index in [9.17, 15) is 4.79 Å². The highest BCUT2D eigenvalue weighted by atomic mass is 32.1. The molecule has 1 saturated carbocycles. The fourth-order valence-corrected chi connectivity index (χ4v) is 3.06. The number of thiocarbonyl (C=S) groups is 1. The molecule has 0 unspecified atom stereocenters. The highest BCUT2D eigenvalue weighted by molar-refractivity contribution is 7.80. The summed E-state index contributed by atoms with van der Waals surface area (Å²) >= 11 is 5.15. The molecule has 1 aliphatic carbocycles. The van der Waals surface area contributed by atoms with Gasteiger partial charge < -0.3 is 16.4 Å². The fraction of sp³-hybridized carbons (Fsp3) is 0.467. The smallest absolute Gasteiger partial charge is 0.236 e. The molecule has 0 saturated heterocycles. The first kappa shape index (κ1) is 14.8. The molecule has 4 nitrogen and oxygen atoms in total. The Morgan fingerprint density at radius 1 is 1.35 bits per heavy atom. The molecule has 5 heteroatoms. The lowest BCUT2D eigenvalue weighted by molar-refractivity contribution is -0.116. The number of aryl methyl sites for hydroxylation is 1. The summed E-state index contributed by atoms with van der Waals surface area (Å²) in [6, 6.07) is 6.32. The molecule has 4 N–H and O–H groups in total. The lowest BCUT2D eigenvalue weighted by Gasteiger charge is -2.31. The van der Waals surface area contributed by atoms with E-state index in [4.69, 9.17) is 23.7 Å². The SMILES string of the molecule is Cc1ccc(N(CC(N)=O)C2CCCC2)c(C(N)=S)c1. The number of rotatable bonds is 5. The van der Waals surface area contributed by atoms with Gasteiger partial charge in [-0.15, -0.1) is 0 Å². The summed E-state index contributed by atoms with van der Waals surface area (Å²) in [6.45, 7) is 2.21. The number of primary amides is 1. The molecule has 0 atom stereocenters.